The maximum absolute atomic E-state index is 12.3. The Balaban J connectivity index is 2.43. The minimum atomic E-state index is -3.74. The van der Waals surface area contributed by atoms with Crippen molar-refractivity contribution in [3.63, 3.8) is 0 Å². The second kappa shape index (κ2) is 5.26. The summed E-state index contributed by atoms with van der Waals surface area (Å²) in [5.74, 6) is 0.0610. The van der Waals surface area contributed by atoms with Crippen molar-refractivity contribution >= 4 is 47.8 Å². The quantitative estimate of drug-likeness (QED) is 0.840. The molecular formula is C11H10Br2N2O3S. The number of benzene rings is 1. The fraction of sp³-hybridized carbons (Fsp3) is 0.182. The SMILES string of the molecule is Cc1ccc(Br)c(S(=O)(=O)Nc2onc(C)c2Br)c1. The van der Waals surface area contributed by atoms with Gasteiger partial charge in [-0.15, -0.1) is 0 Å². The van der Waals surface area contributed by atoms with Crippen LogP contribution in [0.1, 0.15) is 11.3 Å². The fourth-order valence-corrected chi connectivity index (χ4v) is 3.84. The number of nitrogens with zero attached hydrogens (tertiary/aromatic N) is 1. The molecule has 102 valence electrons. The largest absolute Gasteiger partial charge is 0.336 e. The van der Waals surface area contributed by atoms with E-state index in [1.807, 2.05) is 13.0 Å². The third-order valence-electron chi connectivity index (χ3n) is 2.39. The van der Waals surface area contributed by atoms with Crippen LogP contribution in [0.15, 0.2) is 36.6 Å². The van der Waals surface area contributed by atoms with Crippen LogP contribution >= 0.6 is 31.9 Å². The van der Waals surface area contributed by atoms with Crippen molar-refractivity contribution < 1.29 is 12.9 Å². The Labute approximate surface area is 127 Å². The predicted octanol–water partition coefficient (Wildman–Crippen LogP) is 3.62. The zero-order valence-electron chi connectivity index (χ0n) is 10.1. The second-order valence-corrected chi connectivity index (χ2v) is 7.25. The number of anilines is 1. The van der Waals surface area contributed by atoms with E-state index >= 15 is 0 Å². The minimum absolute atomic E-state index is 0.0610. The number of halogens is 2. The van der Waals surface area contributed by atoms with Gasteiger partial charge in [-0.05, 0) is 63.4 Å². The molecule has 2 rings (SSSR count). The molecule has 0 unspecified atom stereocenters. The number of aryl methyl sites for hydroxylation is 2. The second-order valence-electron chi connectivity index (χ2n) is 3.95. The summed E-state index contributed by atoms with van der Waals surface area (Å²) in [7, 11) is -3.74. The summed E-state index contributed by atoms with van der Waals surface area (Å²) in [6.07, 6.45) is 0. The Morgan fingerprint density at radius 2 is 1.95 bits per heavy atom. The Kier molecular flexibility index (Phi) is 4.03. The van der Waals surface area contributed by atoms with Gasteiger partial charge in [0.2, 0.25) is 0 Å². The molecule has 1 heterocycles. The van der Waals surface area contributed by atoms with Gasteiger partial charge in [-0.1, -0.05) is 11.2 Å². The summed E-state index contributed by atoms with van der Waals surface area (Å²) in [5.41, 5.74) is 1.41. The number of hydrogen-bond acceptors (Lipinski definition) is 4. The predicted molar refractivity (Wildman–Crippen MR) is 78.6 cm³/mol. The first-order chi connectivity index (χ1) is 8.81. The maximum Gasteiger partial charge on any atom is 0.265 e. The van der Waals surface area contributed by atoms with Gasteiger partial charge in [0, 0.05) is 4.47 Å². The molecule has 0 aliphatic heterocycles. The first-order valence-electron chi connectivity index (χ1n) is 5.22. The highest BCUT2D eigenvalue weighted by atomic mass is 79.9. The Morgan fingerprint density at radius 3 is 2.53 bits per heavy atom. The average Bonchev–Trinajstić information content (AvgIpc) is 2.63. The van der Waals surface area contributed by atoms with E-state index in [1.54, 1.807) is 19.1 Å². The molecule has 1 aromatic carbocycles. The molecule has 0 saturated heterocycles. The molecule has 0 atom stereocenters. The van der Waals surface area contributed by atoms with Crippen LogP contribution in [0.4, 0.5) is 5.88 Å². The lowest BCUT2D eigenvalue weighted by Gasteiger charge is -2.08. The number of sulfonamides is 1. The number of aromatic nitrogens is 1. The van der Waals surface area contributed by atoms with E-state index in [-0.39, 0.29) is 10.8 Å². The smallest absolute Gasteiger partial charge is 0.265 e. The molecule has 0 spiro atoms. The van der Waals surface area contributed by atoms with E-state index in [0.717, 1.165) is 5.56 Å². The lowest BCUT2D eigenvalue weighted by Crippen LogP contribution is -2.13. The van der Waals surface area contributed by atoms with Gasteiger partial charge in [-0.25, -0.2) is 13.1 Å². The summed E-state index contributed by atoms with van der Waals surface area (Å²) in [4.78, 5) is 0.147. The topological polar surface area (TPSA) is 72.2 Å². The van der Waals surface area contributed by atoms with Crippen LogP contribution < -0.4 is 4.72 Å². The van der Waals surface area contributed by atoms with Gasteiger partial charge < -0.3 is 4.52 Å². The van der Waals surface area contributed by atoms with Crippen LogP contribution in [0.25, 0.3) is 0 Å². The van der Waals surface area contributed by atoms with E-state index in [4.69, 9.17) is 4.52 Å². The molecule has 2 aromatic rings. The molecule has 5 nitrogen and oxygen atoms in total. The van der Waals surface area contributed by atoms with Crippen molar-refractivity contribution in [1.29, 1.82) is 0 Å². The summed E-state index contributed by atoms with van der Waals surface area (Å²) < 4.78 is 32.8. The lowest BCUT2D eigenvalue weighted by atomic mass is 10.2. The molecule has 0 fully saturated rings. The standard InChI is InChI=1S/C11H10Br2N2O3S/c1-6-3-4-8(12)9(5-6)19(16,17)15-11-10(13)7(2)14-18-11/h3-5,15H,1-2H3. The molecular weight excluding hydrogens is 400 g/mol. The van der Waals surface area contributed by atoms with E-state index in [1.165, 1.54) is 0 Å². The van der Waals surface area contributed by atoms with Gasteiger partial charge in [-0.3, -0.25) is 0 Å². The normalized spacial score (nSPS) is 11.6. The van der Waals surface area contributed by atoms with Crippen LogP contribution in [-0.2, 0) is 10.0 Å². The van der Waals surface area contributed by atoms with Crippen molar-refractivity contribution in [1.82, 2.24) is 5.16 Å². The van der Waals surface area contributed by atoms with Crippen LogP contribution in [-0.4, -0.2) is 13.6 Å². The molecule has 0 aliphatic rings. The monoisotopic (exact) mass is 408 g/mol. The number of nitrogens with one attached hydrogen (secondary N) is 1. The van der Waals surface area contributed by atoms with Gasteiger partial charge >= 0.3 is 0 Å². The summed E-state index contributed by atoms with van der Waals surface area (Å²) >= 11 is 6.44. The molecule has 0 saturated carbocycles. The fourth-order valence-electron chi connectivity index (χ4n) is 1.42. The molecule has 19 heavy (non-hydrogen) atoms. The summed E-state index contributed by atoms with van der Waals surface area (Å²) in [6.45, 7) is 3.52. The van der Waals surface area contributed by atoms with Crippen LogP contribution in [0, 0.1) is 13.8 Å². The summed E-state index contributed by atoms with van der Waals surface area (Å²) in [5, 5.41) is 3.67. The highest BCUT2D eigenvalue weighted by Gasteiger charge is 2.22. The molecule has 1 aromatic heterocycles. The lowest BCUT2D eigenvalue weighted by molar-refractivity contribution is 0.430. The zero-order valence-corrected chi connectivity index (χ0v) is 14.1. The van der Waals surface area contributed by atoms with E-state index in [0.29, 0.717) is 14.6 Å². The van der Waals surface area contributed by atoms with Gasteiger partial charge in [0.1, 0.15) is 9.37 Å². The van der Waals surface area contributed by atoms with Crippen molar-refractivity contribution in [3.05, 3.63) is 38.4 Å². The molecule has 0 bridgehead atoms. The van der Waals surface area contributed by atoms with Gasteiger partial charge in [-0.2, -0.15) is 0 Å². The Morgan fingerprint density at radius 1 is 1.26 bits per heavy atom. The average molecular weight is 410 g/mol. The van der Waals surface area contributed by atoms with Crippen molar-refractivity contribution in [2.75, 3.05) is 4.72 Å². The highest BCUT2D eigenvalue weighted by Crippen LogP contribution is 2.30. The first-order valence-corrected chi connectivity index (χ1v) is 8.29. The highest BCUT2D eigenvalue weighted by molar-refractivity contribution is 9.11. The molecule has 0 radical (unpaired) electrons. The molecule has 1 N–H and O–H groups in total. The van der Waals surface area contributed by atoms with E-state index < -0.39 is 10.0 Å². The third kappa shape index (κ3) is 3.01. The van der Waals surface area contributed by atoms with Gasteiger partial charge in [0.15, 0.2) is 0 Å². The summed E-state index contributed by atoms with van der Waals surface area (Å²) in [6, 6.07) is 5.08. The van der Waals surface area contributed by atoms with Gasteiger partial charge in [0.05, 0.1) is 5.69 Å². The maximum atomic E-state index is 12.3. The van der Waals surface area contributed by atoms with Crippen molar-refractivity contribution in [3.8, 4) is 0 Å². The number of hydrogen-bond donors (Lipinski definition) is 1. The molecule has 8 heteroatoms. The van der Waals surface area contributed by atoms with Crippen LogP contribution in [0.3, 0.4) is 0 Å². The zero-order chi connectivity index (χ0) is 14.2. The Hall–Kier alpha value is -0.860. The molecule has 0 aliphatic carbocycles. The first kappa shape index (κ1) is 14.5. The van der Waals surface area contributed by atoms with Crippen LogP contribution in [0.5, 0.6) is 0 Å². The van der Waals surface area contributed by atoms with Gasteiger partial charge in [0.25, 0.3) is 15.9 Å². The third-order valence-corrected chi connectivity index (χ3v) is 5.65. The Bertz CT molecular complexity index is 726. The van der Waals surface area contributed by atoms with Crippen molar-refractivity contribution in [2.45, 2.75) is 18.7 Å². The van der Waals surface area contributed by atoms with E-state index in [9.17, 15) is 8.42 Å². The number of rotatable bonds is 3. The van der Waals surface area contributed by atoms with Crippen LogP contribution in [0.2, 0.25) is 0 Å². The molecule has 0 amide bonds. The van der Waals surface area contributed by atoms with E-state index in [2.05, 4.69) is 41.7 Å². The van der Waals surface area contributed by atoms with Crippen molar-refractivity contribution in [2.24, 2.45) is 0 Å². The minimum Gasteiger partial charge on any atom is -0.336 e.